The van der Waals surface area contributed by atoms with Crippen LogP contribution in [0.3, 0.4) is 0 Å². The highest BCUT2D eigenvalue weighted by atomic mass is 32.1. The van der Waals surface area contributed by atoms with Gasteiger partial charge < -0.3 is 4.74 Å². The summed E-state index contributed by atoms with van der Waals surface area (Å²) in [6.45, 7) is 1.97. The Bertz CT molecular complexity index is 447. The lowest BCUT2D eigenvalue weighted by atomic mass is 10.2. The van der Waals surface area contributed by atoms with E-state index in [2.05, 4.69) is 0 Å². The summed E-state index contributed by atoms with van der Waals surface area (Å²) in [4.78, 5) is 1.11. The molecule has 0 saturated carbocycles. The van der Waals surface area contributed by atoms with Crippen LogP contribution in [0, 0.1) is 12.7 Å². The average Bonchev–Trinajstić information content (AvgIpc) is 2.46. The molecule has 13 heavy (non-hydrogen) atoms. The predicted molar refractivity (Wildman–Crippen MR) is 53.1 cm³/mol. The summed E-state index contributed by atoms with van der Waals surface area (Å²) >= 11 is 1.58. The van der Waals surface area contributed by atoms with Crippen molar-refractivity contribution in [2.24, 2.45) is 0 Å². The van der Waals surface area contributed by atoms with Crippen molar-refractivity contribution < 1.29 is 9.13 Å². The molecular weight excluding hydrogens is 187 g/mol. The zero-order valence-corrected chi connectivity index (χ0v) is 8.24. The molecule has 0 aliphatic carbocycles. The van der Waals surface area contributed by atoms with Crippen molar-refractivity contribution in [3.05, 3.63) is 28.9 Å². The Hall–Kier alpha value is -1.09. The summed E-state index contributed by atoms with van der Waals surface area (Å²) in [5, 5.41) is 0.684. The Morgan fingerprint density at radius 2 is 2.08 bits per heavy atom. The molecule has 0 unspecified atom stereocenters. The van der Waals surface area contributed by atoms with E-state index >= 15 is 0 Å². The van der Waals surface area contributed by atoms with Crippen LogP contribution >= 0.6 is 11.3 Å². The van der Waals surface area contributed by atoms with Gasteiger partial charge in [-0.2, -0.15) is 0 Å². The van der Waals surface area contributed by atoms with Crippen LogP contribution in [0.1, 0.15) is 4.88 Å². The summed E-state index contributed by atoms with van der Waals surface area (Å²) in [5.41, 5.74) is 0. The maximum Gasteiger partial charge on any atom is 0.135 e. The lowest BCUT2D eigenvalue weighted by Gasteiger charge is -1.99. The molecule has 0 saturated heterocycles. The third-order valence-corrected chi connectivity index (χ3v) is 2.92. The summed E-state index contributed by atoms with van der Waals surface area (Å²) in [6.07, 6.45) is 0. The monoisotopic (exact) mass is 196 g/mol. The van der Waals surface area contributed by atoms with Crippen LogP contribution < -0.4 is 4.74 Å². The lowest BCUT2D eigenvalue weighted by molar-refractivity contribution is 0.412. The van der Waals surface area contributed by atoms with Crippen molar-refractivity contribution in [1.82, 2.24) is 0 Å². The Morgan fingerprint density at radius 3 is 2.77 bits per heavy atom. The van der Waals surface area contributed by atoms with Gasteiger partial charge in [0.1, 0.15) is 11.6 Å². The topological polar surface area (TPSA) is 9.23 Å². The van der Waals surface area contributed by atoms with E-state index in [1.165, 1.54) is 6.07 Å². The van der Waals surface area contributed by atoms with Crippen molar-refractivity contribution in [1.29, 1.82) is 0 Å². The Kier molecular flexibility index (Phi) is 1.96. The molecule has 68 valence electrons. The maximum atomic E-state index is 13.4. The second kappa shape index (κ2) is 3.00. The molecule has 0 amide bonds. The van der Waals surface area contributed by atoms with Crippen LogP contribution in [-0.2, 0) is 0 Å². The molecule has 0 N–H and O–H groups in total. The number of ether oxygens (including phenoxy) is 1. The third-order valence-electron chi connectivity index (χ3n) is 1.92. The highest BCUT2D eigenvalue weighted by molar-refractivity contribution is 7.19. The second-order valence-corrected chi connectivity index (χ2v) is 4.17. The summed E-state index contributed by atoms with van der Waals surface area (Å²) in [5.74, 6) is 0.366. The minimum Gasteiger partial charge on any atom is -0.497 e. The van der Waals surface area contributed by atoms with Gasteiger partial charge in [-0.3, -0.25) is 0 Å². The number of thiophene rings is 1. The van der Waals surface area contributed by atoms with Crippen LogP contribution in [0.4, 0.5) is 4.39 Å². The smallest absolute Gasteiger partial charge is 0.135 e. The van der Waals surface area contributed by atoms with Crippen LogP contribution in [0.15, 0.2) is 18.2 Å². The molecule has 0 aliphatic heterocycles. The molecule has 3 heteroatoms. The zero-order chi connectivity index (χ0) is 9.42. The molecule has 1 aromatic heterocycles. The molecule has 1 heterocycles. The van der Waals surface area contributed by atoms with Gasteiger partial charge in [0.05, 0.1) is 7.11 Å². The SMILES string of the molecule is COc1cc(F)c2cc(C)sc2c1. The molecule has 1 aromatic carbocycles. The van der Waals surface area contributed by atoms with E-state index < -0.39 is 0 Å². The molecule has 0 spiro atoms. The lowest BCUT2D eigenvalue weighted by Crippen LogP contribution is -1.83. The van der Waals surface area contributed by atoms with E-state index in [-0.39, 0.29) is 5.82 Å². The van der Waals surface area contributed by atoms with E-state index in [1.54, 1.807) is 18.4 Å². The Morgan fingerprint density at radius 1 is 1.31 bits per heavy atom. The Balaban J connectivity index is 2.75. The largest absolute Gasteiger partial charge is 0.497 e. The number of hydrogen-bond acceptors (Lipinski definition) is 2. The van der Waals surface area contributed by atoms with E-state index in [9.17, 15) is 4.39 Å². The number of benzene rings is 1. The van der Waals surface area contributed by atoms with Gasteiger partial charge in [-0.25, -0.2) is 4.39 Å². The van der Waals surface area contributed by atoms with Gasteiger partial charge in [0.15, 0.2) is 0 Å². The maximum absolute atomic E-state index is 13.4. The number of methoxy groups -OCH3 is 1. The van der Waals surface area contributed by atoms with E-state index in [0.717, 1.165) is 9.58 Å². The molecule has 1 nitrogen and oxygen atoms in total. The molecule has 2 aromatic rings. The van der Waals surface area contributed by atoms with Crippen molar-refractivity contribution in [2.45, 2.75) is 6.92 Å². The molecule has 0 aliphatic rings. The van der Waals surface area contributed by atoms with Gasteiger partial charge in [0.2, 0.25) is 0 Å². The fraction of sp³-hybridized carbons (Fsp3) is 0.200. The van der Waals surface area contributed by atoms with Crippen molar-refractivity contribution in [3.63, 3.8) is 0 Å². The molecule has 0 fully saturated rings. The first-order valence-corrected chi connectivity index (χ1v) is 4.76. The van der Waals surface area contributed by atoms with Crippen LogP contribution in [0.5, 0.6) is 5.75 Å². The van der Waals surface area contributed by atoms with Gasteiger partial charge in [-0.05, 0) is 19.1 Å². The first kappa shape index (κ1) is 8.51. The van der Waals surface area contributed by atoms with E-state index in [4.69, 9.17) is 4.74 Å². The zero-order valence-electron chi connectivity index (χ0n) is 7.43. The number of rotatable bonds is 1. The fourth-order valence-corrected chi connectivity index (χ4v) is 2.28. The third kappa shape index (κ3) is 1.40. The summed E-state index contributed by atoms with van der Waals surface area (Å²) in [6, 6.07) is 5.12. The van der Waals surface area contributed by atoms with Crippen molar-refractivity contribution in [3.8, 4) is 5.75 Å². The van der Waals surface area contributed by atoms with Gasteiger partial charge >= 0.3 is 0 Å². The van der Waals surface area contributed by atoms with Gasteiger partial charge in [0.25, 0.3) is 0 Å². The van der Waals surface area contributed by atoms with Crippen molar-refractivity contribution in [2.75, 3.05) is 7.11 Å². The highest BCUT2D eigenvalue weighted by Crippen LogP contribution is 2.30. The number of aryl methyl sites for hydroxylation is 1. The molecule has 0 bridgehead atoms. The normalized spacial score (nSPS) is 10.7. The average molecular weight is 196 g/mol. The first-order chi connectivity index (χ1) is 6.20. The summed E-state index contributed by atoms with van der Waals surface area (Å²) < 4.78 is 19.3. The van der Waals surface area contributed by atoms with E-state index in [1.807, 2.05) is 19.1 Å². The molecule has 0 atom stereocenters. The minimum absolute atomic E-state index is 0.210. The fourth-order valence-electron chi connectivity index (χ4n) is 1.32. The highest BCUT2D eigenvalue weighted by Gasteiger charge is 2.06. The van der Waals surface area contributed by atoms with Crippen molar-refractivity contribution >= 4 is 21.4 Å². The molecule has 2 rings (SSSR count). The van der Waals surface area contributed by atoms with E-state index in [0.29, 0.717) is 11.1 Å². The van der Waals surface area contributed by atoms with Crippen LogP contribution in [0.2, 0.25) is 0 Å². The molecular formula is C10H9FOS. The van der Waals surface area contributed by atoms with Gasteiger partial charge in [-0.15, -0.1) is 11.3 Å². The number of fused-ring (bicyclic) bond motifs is 1. The Labute approximate surface area is 79.8 Å². The first-order valence-electron chi connectivity index (χ1n) is 3.94. The quantitative estimate of drug-likeness (QED) is 0.679. The minimum atomic E-state index is -0.210. The van der Waals surface area contributed by atoms with Crippen LogP contribution in [0.25, 0.3) is 10.1 Å². The van der Waals surface area contributed by atoms with Gasteiger partial charge in [-0.1, -0.05) is 0 Å². The predicted octanol–water partition coefficient (Wildman–Crippen LogP) is 3.36. The second-order valence-electron chi connectivity index (χ2n) is 2.88. The van der Waals surface area contributed by atoms with Crippen LogP contribution in [-0.4, -0.2) is 7.11 Å². The standard InChI is InChI=1S/C10H9FOS/c1-6-3-8-9(11)4-7(12-2)5-10(8)13-6/h3-5H,1-2H3. The number of hydrogen-bond donors (Lipinski definition) is 0. The summed E-state index contributed by atoms with van der Waals surface area (Å²) in [7, 11) is 1.54. The molecule has 0 radical (unpaired) electrons. The van der Waals surface area contributed by atoms with Gasteiger partial charge in [0, 0.05) is 21.0 Å². The number of halogens is 1.